The van der Waals surface area contributed by atoms with E-state index in [4.69, 9.17) is 61.6 Å². The Morgan fingerprint density at radius 3 is 1.74 bits per heavy atom. The van der Waals surface area contributed by atoms with Gasteiger partial charge in [-0.2, -0.15) is 0 Å². The molecule has 0 aliphatic carbocycles. The van der Waals surface area contributed by atoms with E-state index in [-0.39, 0.29) is 24.5 Å². The van der Waals surface area contributed by atoms with Crippen molar-refractivity contribution in [2.45, 2.75) is 45.7 Å². The number of nitrogens with one attached hydrogen (secondary N) is 2. The fourth-order valence-electron chi connectivity index (χ4n) is 7.67. The predicted octanol–water partition coefficient (Wildman–Crippen LogP) is 7.46. The van der Waals surface area contributed by atoms with Crippen molar-refractivity contribution >= 4 is 57.8 Å². The lowest BCUT2D eigenvalue weighted by atomic mass is 10.00. The van der Waals surface area contributed by atoms with Crippen LogP contribution in [0, 0.1) is 6.92 Å². The summed E-state index contributed by atoms with van der Waals surface area (Å²) in [5, 5.41) is 16.2. The average molecular weight is 968 g/mol. The SMILES string of the molecule is CCNC(=O)CC1N=C(c2ccc(Cl)cc2)c2cc(OCCOCCOCCOCCOCCOc3ccc4c(c3)C(c3ccc(Cl)cc3)=NC(CC(C)=O)c3nnc(C)n3-4)ccc2NC1=NC. The van der Waals surface area contributed by atoms with Crippen LogP contribution in [0.4, 0.5) is 5.69 Å². The molecular weight excluding hydrogens is 912 g/mol. The van der Waals surface area contributed by atoms with Gasteiger partial charge in [-0.15, -0.1) is 10.2 Å². The van der Waals surface area contributed by atoms with Crippen molar-refractivity contribution < 1.29 is 38.0 Å². The minimum absolute atomic E-state index is 0.00406. The van der Waals surface area contributed by atoms with Crippen LogP contribution in [0.5, 0.6) is 11.5 Å². The third-order valence-corrected chi connectivity index (χ3v) is 11.3. The summed E-state index contributed by atoms with van der Waals surface area (Å²) >= 11 is 12.4. The van der Waals surface area contributed by atoms with Crippen molar-refractivity contribution in [3.63, 3.8) is 0 Å². The van der Waals surface area contributed by atoms with E-state index in [0.717, 1.165) is 33.6 Å². The summed E-state index contributed by atoms with van der Waals surface area (Å²) in [6.45, 7) is 9.71. The number of anilines is 1. The summed E-state index contributed by atoms with van der Waals surface area (Å²) < 4.78 is 37.0. The molecule has 4 aromatic carbocycles. The van der Waals surface area contributed by atoms with E-state index in [1.165, 1.54) is 0 Å². The van der Waals surface area contributed by atoms with Crippen LogP contribution in [-0.2, 0) is 28.5 Å². The zero-order valence-corrected chi connectivity index (χ0v) is 40.1. The molecule has 0 spiro atoms. The molecule has 5 aromatic rings. The number of ether oxygens (including phenoxy) is 6. The van der Waals surface area contributed by atoms with Gasteiger partial charge in [-0.1, -0.05) is 47.5 Å². The summed E-state index contributed by atoms with van der Waals surface area (Å²) in [7, 11) is 1.68. The molecule has 0 radical (unpaired) electrons. The van der Waals surface area contributed by atoms with Gasteiger partial charge in [0.05, 0.1) is 76.4 Å². The van der Waals surface area contributed by atoms with Crippen LogP contribution in [0.15, 0.2) is 99.9 Å². The highest BCUT2D eigenvalue weighted by Crippen LogP contribution is 2.35. The third kappa shape index (κ3) is 13.4. The number of rotatable bonds is 24. The number of amides is 1. The summed E-state index contributed by atoms with van der Waals surface area (Å²) in [5.74, 6) is 3.08. The molecule has 68 heavy (non-hydrogen) atoms. The highest BCUT2D eigenvalue weighted by molar-refractivity contribution is 6.31. The molecule has 1 aromatic heterocycles. The largest absolute Gasteiger partial charge is 0.491 e. The third-order valence-electron chi connectivity index (χ3n) is 10.8. The van der Waals surface area contributed by atoms with Gasteiger partial charge >= 0.3 is 0 Å². The fraction of sp³-hybridized carbons (Fsp3) is 0.380. The highest BCUT2D eigenvalue weighted by atomic mass is 35.5. The van der Waals surface area contributed by atoms with Gasteiger partial charge in [0, 0.05) is 58.0 Å². The van der Waals surface area contributed by atoms with Gasteiger partial charge < -0.3 is 39.1 Å². The maximum atomic E-state index is 12.6. The first kappa shape index (κ1) is 49.9. The van der Waals surface area contributed by atoms with Gasteiger partial charge in [-0.25, -0.2) is 0 Å². The molecule has 3 heterocycles. The number of hydrogen-bond donors (Lipinski definition) is 2. The average Bonchev–Trinajstić information content (AvgIpc) is 3.57. The molecule has 2 aliphatic heterocycles. The minimum atomic E-state index is -0.512. The normalized spacial score (nSPS) is 15.8. The Balaban J connectivity index is 0.793. The smallest absolute Gasteiger partial charge is 0.222 e. The molecule has 16 nitrogen and oxygen atoms in total. The molecule has 1 amide bonds. The predicted molar refractivity (Wildman–Crippen MR) is 263 cm³/mol. The van der Waals surface area contributed by atoms with Crippen LogP contribution >= 0.6 is 23.2 Å². The summed E-state index contributed by atoms with van der Waals surface area (Å²) in [5.41, 5.74) is 6.38. The second-order valence-electron chi connectivity index (χ2n) is 15.8. The quantitative estimate of drug-likeness (QED) is 0.0586. The van der Waals surface area contributed by atoms with Crippen LogP contribution in [0.1, 0.15) is 66.6 Å². The number of benzodiazepines with no additional fused rings is 1. The number of nitrogens with zero attached hydrogens (tertiary/aromatic N) is 6. The van der Waals surface area contributed by atoms with Gasteiger partial charge in [0.2, 0.25) is 5.91 Å². The van der Waals surface area contributed by atoms with Crippen molar-refractivity contribution in [1.82, 2.24) is 20.1 Å². The topological polar surface area (TPSA) is 181 Å². The number of Topliss-reactive ketones (excluding diaryl/α,β-unsaturated/α-hetero) is 1. The van der Waals surface area contributed by atoms with Crippen LogP contribution < -0.4 is 20.1 Å². The number of amidine groups is 1. The number of ketones is 1. The second kappa shape index (κ2) is 24.8. The highest BCUT2D eigenvalue weighted by Gasteiger charge is 2.30. The molecule has 18 heteroatoms. The Hall–Kier alpha value is -6.01. The van der Waals surface area contributed by atoms with Crippen LogP contribution in [-0.4, -0.2) is 129 Å². The van der Waals surface area contributed by atoms with Gasteiger partial charge in [0.25, 0.3) is 0 Å². The van der Waals surface area contributed by atoms with Crippen molar-refractivity contribution in [3.8, 4) is 17.2 Å². The molecule has 0 fully saturated rings. The Morgan fingerprint density at radius 2 is 1.19 bits per heavy atom. The number of aromatic nitrogens is 3. The maximum absolute atomic E-state index is 12.6. The Kier molecular flexibility index (Phi) is 18.2. The van der Waals surface area contributed by atoms with E-state index in [9.17, 15) is 9.59 Å². The molecule has 358 valence electrons. The fourth-order valence-corrected chi connectivity index (χ4v) is 7.92. The Morgan fingerprint density at radius 1 is 0.676 bits per heavy atom. The van der Waals surface area contributed by atoms with Gasteiger partial charge in [-0.3, -0.25) is 29.1 Å². The zero-order valence-electron chi connectivity index (χ0n) is 38.6. The first-order valence-electron chi connectivity index (χ1n) is 22.6. The second-order valence-corrected chi connectivity index (χ2v) is 16.6. The van der Waals surface area contributed by atoms with Crippen LogP contribution in [0.3, 0.4) is 0 Å². The summed E-state index contributed by atoms with van der Waals surface area (Å²) in [6, 6.07) is 25.4. The molecule has 2 atom stereocenters. The number of benzene rings is 4. The Labute approximate surface area is 406 Å². The summed E-state index contributed by atoms with van der Waals surface area (Å²) in [4.78, 5) is 39.5. The lowest BCUT2D eigenvalue weighted by Crippen LogP contribution is -2.33. The molecular formula is C50H56Cl2N8O8. The molecule has 2 N–H and O–H groups in total. The van der Waals surface area contributed by atoms with E-state index in [1.807, 2.05) is 103 Å². The molecule has 2 aliphatic rings. The zero-order chi connectivity index (χ0) is 47.8. The van der Waals surface area contributed by atoms with Crippen molar-refractivity contribution in [3.05, 3.63) is 129 Å². The maximum Gasteiger partial charge on any atom is 0.222 e. The van der Waals surface area contributed by atoms with E-state index in [2.05, 4.69) is 25.8 Å². The number of carbonyl (C=O) groups excluding carboxylic acids is 2. The summed E-state index contributed by atoms with van der Waals surface area (Å²) in [6.07, 6.45) is 0.340. The van der Waals surface area contributed by atoms with Crippen LogP contribution in [0.25, 0.3) is 5.69 Å². The van der Waals surface area contributed by atoms with Crippen molar-refractivity contribution in [2.75, 3.05) is 85.0 Å². The number of aryl methyl sites for hydroxylation is 1. The number of aliphatic imine (C=N–C) groups is 3. The lowest BCUT2D eigenvalue weighted by Gasteiger charge is -2.15. The molecule has 7 rings (SSSR count). The van der Waals surface area contributed by atoms with E-state index in [1.54, 1.807) is 14.0 Å². The molecule has 2 unspecified atom stereocenters. The number of halogens is 2. The van der Waals surface area contributed by atoms with Gasteiger partial charge in [0.15, 0.2) is 5.82 Å². The first-order valence-corrected chi connectivity index (χ1v) is 23.3. The molecule has 0 saturated heterocycles. The van der Waals surface area contributed by atoms with E-state index < -0.39 is 12.1 Å². The number of hydrogen-bond acceptors (Lipinski definition) is 13. The van der Waals surface area contributed by atoms with E-state index in [0.29, 0.717) is 123 Å². The van der Waals surface area contributed by atoms with Gasteiger partial charge in [0.1, 0.15) is 54.2 Å². The Bertz CT molecular complexity index is 2600. The first-order chi connectivity index (χ1) is 33.1. The van der Waals surface area contributed by atoms with Crippen LogP contribution in [0.2, 0.25) is 10.0 Å². The van der Waals surface area contributed by atoms with Crippen molar-refractivity contribution in [1.29, 1.82) is 0 Å². The van der Waals surface area contributed by atoms with Crippen molar-refractivity contribution in [2.24, 2.45) is 15.0 Å². The molecule has 0 saturated carbocycles. The number of carbonyl (C=O) groups is 2. The number of fused-ring (bicyclic) bond motifs is 4. The van der Waals surface area contributed by atoms with Gasteiger partial charge in [-0.05, 0) is 81.4 Å². The standard InChI is InChI=1S/C50H56Cl2N8O8/c1-5-54-46(62)31-43-49(53-4)57-42-16-14-38(29-40(42)47(55-43)34-6-10-36(51)11-7-34)67-26-24-65-22-20-63-18-19-64-21-23-66-25-27-68-39-15-17-45-41(30-39)48(35-8-12-37(52)13-9-35)56-44(28-32(2)61)50-59-58-33(3)60(45)50/h6-17,29-30,43-44H,5,18-28,31H2,1-4H3,(H,53,57)(H,54,62). The minimum Gasteiger partial charge on any atom is -0.491 e. The lowest BCUT2D eigenvalue weighted by molar-refractivity contribution is -0.121. The monoisotopic (exact) mass is 966 g/mol. The van der Waals surface area contributed by atoms with E-state index >= 15 is 0 Å². The molecule has 0 bridgehead atoms.